The molecule has 1 atom stereocenters. The van der Waals surface area contributed by atoms with E-state index < -0.39 is 0 Å². The van der Waals surface area contributed by atoms with Crippen molar-refractivity contribution < 1.29 is 4.79 Å². The van der Waals surface area contributed by atoms with Crippen molar-refractivity contribution in [3.63, 3.8) is 0 Å². The van der Waals surface area contributed by atoms with Crippen molar-refractivity contribution in [3.8, 4) is 0 Å². The third kappa shape index (κ3) is 3.75. The SMILES string of the molecule is Cc1ccc([C@@H](C)NC(=O)Nc2ccccc2Cl)cc1. The summed E-state index contributed by atoms with van der Waals surface area (Å²) in [7, 11) is 0. The van der Waals surface area contributed by atoms with Crippen LogP contribution in [-0.2, 0) is 0 Å². The monoisotopic (exact) mass is 288 g/mol. The Morgan fingerprint density at radius 3 is 2.40 bits per heavy atom. The number of urea groups is 1. The predicted molar refractivity (Wildman–Crippen MR) is 83.2 cm³/mol. The van der Waals surface area contributed by atoms with Gasteiger partial charge in [0, 0.05) is 0 Å². The maximum absolute atomic E-state index is 11.9. The Morgan fingerprint density at radius 1 is 1.10 bits per heavy atom. The molecule has 2 aromatic rings. The standard InChI is InChI=1S/C16H17ClN2O/c1-11-7-9-13(10-8-11)12(2)18-16(20)19-15-6-4-3-5-14(15)17/h3-10,12H,1-2H3,(H2,18,19,20)/t12-/m1/s1. The highest BCUT2D eigenvalue weighted by Crippen LogP contribution is 2.20. The van der Waals surface area contributed by atoms with Crippen molar-refractivity contribution in [1.29, 1.82) is 0 Å². The fourth-order valence-electron chi connectivity index (χ4n) is 1.86. The van der Waals surface area contributed by atoms with Crippen molar-refractivity contribution in [1.82, 2.24) is 5.32 Å². The number of benzene rings is 2. The van der Waals surface area contributed by atoms with Crippen LogP contribution in [0.3, 0.4) is 0 Å². The van der Waals surface area contributed by atoms with E-state index in [0.29, 0.717) is 10.7 Å². The van der Waals surface area contributed by atoms with Crippen molar-refractivity contribution >= 4 is 23.3 Å². The fraction of sp³-hybridized carbons (Fsp3) is 0.188. The largest absolute Gasteiger partial charge is 0.331 e. The summed E-state index contributed by atoms with van der Waals surface area (Å²) in [5.41, 5.74) is 2.86. The first-order valence-electron chi connectivity index (χ1n) is 6.45. The molecule has 0 aliphatic heterocycles. The quantitative estimate of drug-likeness (QED) is 0.856. The van der Waals surface area contributed by atoms with Crippen LogP contribution in [0, 0.1) is 6.92 Å². The molecule has 0 aliphatic carbocycles. The van der Waals surface area contributed by atoms with Crippen molar-refractivity contribution in [2.24, 2.45) is 0 Å². The zero-order chi connectivity index (χ0) is 14.5. The minimum atomic E-state index is -0.272. The van der Waals surface area contributed by atoms with E-state index in [9.17, 15) is 4.79 Å². The number of para-hydroxylation sites is 1. The lowest BCUT2D eigenvalue weighted by Gasteiger charge is -2.15. The fourth-order valence-corrected chi connectivity index (χ4v) is 2.04. The van der Waals surface area contributed by atoms with Gasteiger partial charge in [-0.15, -0.1) is 0 Å². The van der Waals surface area contributed by atoms with E-state index in [1.807, 2.05) is 50.2 Å². The molecule has 104 valence electrons. The average molecular weight is 289 g/mol. The minimum Gasteiger partial charge on any atom is -0.331 e. The molecule has 20 heavy (non-hydrogen) atoms. The van der Waals surface area contributed by atoms with Crippen LogP contribution in [0.1, 0.15) is 24.1 Å². The van der Waals surface area contributed by atoms with E-state index in [1.165, 1.54) is 5.56 Å². The highest BCUT2D eigenvalue weighted by molar-refractivity contribution is 6.33. The molecule has 0 fully saturated rings. The van der Waals surface area contributed by atoms with Crippen molar-refractivity contribution in [2.45, 2.75) is 19.9 Å². The van der Waals surface area contributed by atoms with E-state index in [1.54, 1.807) is 12.1 Å². The Hall–Kier alpha value is -2.00. The first kappa shape index (κ1) is 14.4. The van der Waals surface area contributed by atoms with Crippen LogP contribution in [0.2, 0.25) is 5.02 Å². The molecule has 0 spiro atoms. The molecule has 4 heteroatoms. The summed E-state index contributed by atoms with van der Waals surface area (Å²) in [4.78, 5) is 11.9. The zero-order valence-corrected chi connectivity index (χ0v) is 12.2. The summed E-state index contributed by atoms with van der Waals surface area (Å²) in [6.45, 7) is 3.98. The maximum Gasteiger partial charge on any atom is 0.319 e. The smallest absolute Gasteiger partial charge is 0.319 e. The number of carbonyl (C=O) groups excluding carboxylic acids is 1. The third-order valence-corrected chi connectivity index (χ3v) is 3.38. The molecule has 2 amide bonds. The first-order chi connectivity index (χ1) is 9.56. The average Bonchev–Trinajstić information content (AvgIpc) is 2.42. The highest BCUT2D eigenvalue weighted by Gasteiger charge is 2.10. The molecule has 0 aliphatic rings. The van der Waals surface area contributed by atoms with Gasteiger partial charge in [-0.1, -0.05) is 53.6 Å². The summed E-state index contributed by atoms with van der Waals surface area (Å²) >= 11 is 6.00. The van der Waals surface area contributed by atoms with Gasteiger partial charge >= 0.3 is 6.03 Å². The molecule has 2 aromatic carbocycles. The van der Waals surface area contributed by atoms with Crippen LogP contribution in [0.25, 0.3) is 0 Å². The van der Waals surface area contributed by atoms with Gasteiger partial charge in [0.05, 0.1) is 16.8 Å². The van der Waals surface area contributed by atoms with Gasteiger partial charge in [0.25, 0.3) is 0 Å². The van der Waals surface area contributed by atoms with Gasteiger partial charge < -0.3 is 10.6 Å². The molecule has 0 unspecified atom stereocenters. The van der Waals surface area contributed by atoms with E-state index in [2.05, 4.69) is 10.6 Å². The van der Waals surface area contributed by atoms with Gasteiger partial charge in [-0.2, -0.15) is 0 Å². The lowest BCUT2D eigenvalue weighted by molar-refractivity contribution is 0.249. The molecular weight excluding hydrogens is 272 g/mol. The molecule has 3 nitrogen and oxygen atoms in total. The number of hydrogen-bond donors (Lipinski definition) is 2. The molecule has 0 saturated carbocycles. The number of aryl methyl sites for hydroxylation is 1. The van der Waals surface area contributed by atoms with Crippen LogP contribution in [-0.4, -0.2) is 6.03 Å². The Kier molecular flexibility index (Phi) is 4.64. The zero-order valence-electron chi connectivity index (χ0n) is 11.5. The summed E-state index contributed by atoms with van der Waals surface area (Å²) in [5.74, 6) is 0. The van der Waals surface area contributed by atoms with Gasteiger partial charge in [0.15, 0.2) is 0 Å². The summed E-state index contributed by atoms with van der Waals surface area (Å²) in [5, 5.41) is 6.14. The normalized spacial score (nSPS) is 11.8. The Bertz CT molecular complexity index is 596. The van der Waals surface area contributed by atoms with Gasteiger partial charge in [-0.25, -0.2) is 4.79 Å². The second-order valence-electron chi connectivity index (χ2n) is 4.71. The van der Waals surface area contributed by atoms with Gasteiger partial charge in [0.2, 0.25) is 0 Å². The Balaban J connectivity index is 1.98. The second kappa shape index (κ2) is 6.44. The maximum atomic E-state index is 11.9. The minimum absolute atomic E-state index is 0.0712. The molecule has 0 aromatic heterocycles. The van der Waals surface area contributed by atoms with Crippen molar-refractivity contribution in [2.75, 3.05) is 5.32 Å². The number of hydrogen-bond acceptors (Lipinski definition) is 1. The van der Waals surface area contributed by atoms with Gasteiger partial charge in [-0.05, 0) is 31.5 Å². The van der Waals surface area contributed by atoms with E-state index in [4.69, 9.17) is 11.6 Å². The van der Waals surface area contributed by atoms with Crippen LogP contribution < -0.4 is 10.6 Å². The number of halogens is 1. The highest BCUT2D eigenvalue weighted by atomic mass is 35.5. The lowest BCUT2D eigenvalue weighted by atomic mass is 10.1. The van der Waals surface area contributed by atoms with Gasteiger partial charge in [0.1, 0.15) is 0 Å². The van der Waals surface area contributed by atoms with Gasteiger partial charge in [-0.3, -0.25) is 0 Å². The molecule has 0 heterocycles. The van der Waals surface area contributed by atoms with Crippen LogP contribution in [0.4, 0.5) is 10.5 Å². The van der Waals surface area contributed by atoms with Crippen LogP contribution in [0.15, 0.2) is 48.5 Å². The number of anilines is 1. The van der Waals surface area contributed by atoms with Crippen LogP contribution >= 0.6 is 11.6 Å². The number of nitrogens with one attached hydrogen (secondary N) is 2. The summed E-state index contributed by atoms with van der Waals surface area (Å²) in [6, 6.07) is 14.9. The first-order valence-corrected chi connectivity index (χ1v) is 6.82. The molecule has 0 saturated heterocycles. The van der Waals surface area contributed by atoms with Crippen molar-refractivity contribution in [3.05, 3.63) is 64.7 Å². The Morgan fingerprint density at radius 2 is 1.75 bits per heavy atom. The Labute approximate surface area is 124 Å². The van der Waals surface area contributed by atoms with E-state index >= 15 is 0 Å². The molecule has 2 N–H and O–H groups in total. The summed E-state index contributed by atoms with van der Waals surface area (Å²) < 4.78 is 0. The molecule has 2 rings (SSSR count). The van der Waals surface area contributed by atoms with E-state index in [-0.39, 0.29) is 12.1 Å². The van der Waals surface area contributed by atoms with Crippen LogP contribution in [0.5, 0.6) is 0 Å². The molecule has 0 radical (unpaired) electrons. The summed E-state index contributed by atoms with van der Waals surface area (Å²) in [6.07, 6.45) is 0. The predicted octanol–water partition coefficient (Wildman–Crippen LogP) is 4.53. The second-order valence-corrected chi connectivity index (χ2v) is 5.12. The molecule has 0 bridgehead atoms. The lowest BCUT2D eigenvalue weighted by Crippen LogP contribution is -2.31. The number of amides is 2. The number of carbonyl (C=O) groups is 1. The topological polar surface area (TPSA) is 41.1 Å². The van der Waals surface area contributed by atoms with E-state index in [0.717, 1.165) is 5.56 Å². The third-order valence-electron chi connectivity index (χ3n) is 3.05. The molecular formula is C16H17ClN2O. The number of rotatable bonds is 3.